The van der Waals surface area contributed by atoms with E-state index in [4.69, 9.17) is 0 Å². The average Bonchev–Trinajstić information content (AvgIpc) is 2.80. The molecule has 3 rings (SSSR count). The van der Waals surface area contributed by atoms with E-state index in [-0.39, 0.29) is 34.4 Å². The van der Waals surface area contributed by atoms with Crippen LogP contribution >= 0.6 is 28.3 Å². The minimum atomic E-state index is -0.0658. The number of fused-ring (bicyclic) bond motifs is 1. The van der Waals surface area contributed by atoms with Crippen molar-refractivity contribution in [2.75, 3.05) is 6.54 Å². The standard InChI is InChI=1S/C13H13NO2S.BrH/c15-11-2-1-8(5-12(11)16)10-7-14-6-9-3-4-17-13(9)10;/h1-5,10,14-16H,6-7H2;1H. The van der Waals surface area contributed by atoms with Crippen molar-refractivity contribution in [1.29, 1.82) is 0 Å². The van der Waals surface area contributed by atoms with Crippen LogP contribution in [0, 0.1) is 0 Å². The van der Waals surface area contributed by atoms with E-state index in [9.17, 15) is 10.2 Å². The summed E-state index contributed by atoms with van der Waals surface area (Å²) in [4.78, 5) is 1.36. The SMILES string of the molecule is Br.Oc1ccc(C2CNCc3ccsc32)cc1O. The molecule has 0 amide bonds. The van der Waals surface area contributed by atoms with Crippen LogP contribution < -0.4 is 5.32 Å². The lowest BCUT2D eigenvalue weighted by molar-refractivity contribution is 0.402. The van der Waals surface area contributed by atoms with Crippen LogP contribution in [0.3, 0.4) is 0 Å². The molecule has 2 aromatic rings. The number of hydrogen-bond donors (Lipinski definition) is 3. The molecular weight excluding hydrogens is 314 g/mol. The van der Waals surface area contributed by atoms with Gasteiger partial charge in [-0.25, -0.2) is 0 Å². The molecule has 1 aliphatic heterocycles. The number of phenols is 2. The number of halogens is 1. The Morgan fingerprint density at radius 3 is 2.78 bits per heavy atom. The van der Waals surface area contributed by atoms with Gasteiger partial charge >= 0.3 is 0 Å². The van der Waals surface area contributed by atoms with Gasteiger partial charge in [0.25, 0.3) is 0 Å². The van der Waals surface area contributed by atoms with Crippen molar-refractivity contribution in [3.05, 3.63) is 45.6 Å². The average molecular weight is 328 g/mol. The van der Waals surface area contributed by atoms with Crippen molar-refractivity contribution in [2.45, 2.75) is 12.5 Å². The molecule has 0 fully saturated rings. The molecule has 2 heterocycles. The summed E-state index contributed by atoms with van der Waals surface area (Å²) in [7, 11) is 0. The van der Waals surface area contributed by atoms with E-state index >= 15 is 0 Å². The van der Waals surface area contributed by atoms with Crippen LogP contribution in [0.1, 0.15) is 21.9 Å². The van der Waals surface area contributed by atoms with Gasteiger partial charge in [0.1, 0.15) is 0 Å². The molecule has 0 spiro atoms. The first-order valence-electron chi connectivity index (χ1n) is 5.54. The minimum absolute atomic E-state index is 0. The maximum absolute atomic E-state index is 9.56. The highest BCUT2D eigenvalue weighted by atomic mass is 79.9. The molecule has 1 atom stereocenters. The van der Waals surface area contributed by atoms with Gasteiger partial charge in [0.2, 0.25) is 0 Å². The zero-order valence-corrected chi connectivity index (χ0v) is 12.1. The first kappa shape index (κ1) is 13.4. The Morgan fingerprint density at radius 1 is 1.17 bits per heavy atom. The predicted molar refractivity (Wildman–Crippen MR) is 78.0 cm³/mol. The van der Waals surface area contributed by atoms with Crippen molar-refractivity contribution in [1.82, 2.24) is 5.32 Å². The molecular formula is C13H14BrNO2S. The van der Waals surface area contributed by atoms with E-state index in [0.717, 1.165) is 18.7 Å². The van der Waals surface area contributed by atoms with Gasteiger partial charge in [-0.3, -0.25) is 0 Å². The second kappa shape index (κ2) is 5.30. The van der Waals surface area contributed by atoms with Gasteiger partial charge in [-0.1, -0.05) is 6.07 Å². The Balaban J connectivity index is 0.00000120. The number of phenolic OH excluding ortho intramolecular Hbond substituents is 2. The molecule has 0 saturated heterocycles. The molecule has 1 aromatic heterocycles. The molecule has 1 unspecified atom stereocenters. The van der Waals surface area contributed by atoms with E-state index in [2.05, 4.69) is 16.8 Å². The Hall–Kier alpha value is -1.04. The Kier molecular flexibility index (Phi) is 3.94. The molecule has 96 valence electrons. The lowest BCUT2D eigenvalue weighted by Crippen LogP contribution is -2.27. The lowest BCUT2D eigenvalue weighted by Gasteiger charge is -2.24. The monoisotopic (exact) mass is 327 g/mol. The normalized spacial score (nSPS) is 17.9. The molecule has 1 aromatic carbocycles. The van der Waals surface area contributed by atoms with Crippen molar-refractivity contribution >= 4 is 28.3 Å². The Bertz CT molecular complexity index is 556. The maximum Gasteiger partial charge on any atom is 0.157 e. The highest BCUT2D eigenvalue weighted by molar-refractivity contribution is 8.93. The lowest BCUT2D eigenvalue weighted by atomic mass is 9.92. The second-order valence-corrected chi connectivity index (χ2v) is 5.19. The number of rotatable bonds is 1. The Labute approximate surface area is 120 Å². The first-order valence-corrected chi connectivity index (χ1v) is 6.42. The summed E-state index contributed by atoms with van der Waals surface area (Å²) >= 11 is 1.75. The van der Waals surface area contributed by atoms with Crippen molar-refractivity contribution in [2.24, 2.45) is 0 Å². The number of nitrogens with one attached hydrogen (secondary N) is 1. The number of aromatic hydroxyl groups is 2. The molecule has 0 bridgehead atoms. The van der Waals surface area contributed by atoms with Crippen molar-refractivity contribution < 1.29 is 10.2 Å². The fourth-order valence-electron chi connectivity index (χ4n) is 2.27. The third-order valence-electron chi connectivity index (χ3n) is 3.16. The summed E-state index contributed by atoms with van der Waals surface area (Å²) in [5.74, 6) is 0.153. The van der Waals surface area contributed by atoms with E-state index < -0.39 is 0 Å². The number of hydrogen-bond acceptors (Lipinski definition) is 4. The molecule has 0 aliphatic carbocycles. The van der Waals surface area contributed by atoms with E-state index in [1.807, 2.05) is 6.07 Å². The van der Waals surface area contributed by atoms with Gasteiger partial charge in [-0.05, 0) is 34.7 Å². The number of thiophene rings is 1. The summed E-state index contributed by atoms with van der Waals surface area (Å²) in [6.07, 6.45) is 0. The van der Waals surface area contributed by atoms with Crippen LogP contribution in [0.15, 0.2) is 29.6 Å². The van der Waals surface area contributed by atoms with E-state index in [1.54, 1.807) is 23.5 Å². The van der Waals surface area contributed by atoms with Gasteiger partial charge in [-0.2, -0.15) is 0 Å². The van der Waals surface area contributed by atoms with E-state index in [1.165, 1.54) is 10.4 Å². The largest absolute Gasteiger partial charge is 0.504 e. The zero-order valence-electron chi connectivity index (χ0n) is 9.59. The van der Waals surface area contributed by atoms with E-state index in [0.29, 0.717) is 0 Å². The highest BCUT2D eigenvalue weighted by Crippen LogP contribution is 2.36. The molecule has 3 N–H and O–H groups in total. The fourth-order valence-corrected chi connectivity index (χ4v) is 3.32. The van der Waals surface area contributed by atoms with Gasteiger partial charge in [0.05, 0.1) is 0 Å². The van der Waals surface area contributed by atoms with Crippen LogP contribution in [0.25, 0.3) is 0 Å². The predicted octanol–water partition coefficient (Wildman–Crippen LogP) is 2.97. The fraction of sp³-hybridized carbons (Fsp3) is 0.231. The summed E-state index contributed by atoms with van der Waals surface area (Å²) in [5.41, 5.74) is 2.37. The summed E-state index contributed by atoms with van der Waals surface area (Å²) in [5, 5.41) is 24.4. The molecule has 1 aliphatic rings. The maximum atomic E-state index is 9.56. The van der Waals surface area contributed by atoms with Crippen molar-refractivity contribution in [3.8, 4) is 11.5 Å². The van der Waals surface area contributed by atoms with Gasteiger partial charge in [-0.15, -0.1) is 28.3 Å². The van der Waals surface area contributed by atoms with Crippen LogP contribution in [0.4, 0.5) is 0 Å². The highest BCUT2D eigenvalue weighted by Gasteiger charge is 2.23. The Morgan fingerprint density at radius 2 is 2.00 bits per heavy atom. The molecule has 5 heteroatoms. The summed E-state index contributed by atoms with van der Waals surface area (Å²) in [6, 6.07) is 7.21. The van der Waals surface area contributed by atoms with Crippen LogP contribution in [-0.2, 0) is 6.54 Å². The van der Waals surface area contributed by atoms with Gasteiger partial charge < -0.3 is 15.5 Å². The smallest absolute Gasteiger partial charge is 0.157 e. The van der Waals surface area contributed by atoms with Gasteiger partial charge in [0.15, 0.2) is 11.5 Å². The van der Waals surface area contributed by atoms with Gasteiger partial charge in [0, 0.05) is 23.9 Å². The minimum Gasteiger partial charge on any atom is -0.504 e. The van der Waals surface area contributed by atoms with Crippen LogP contribution in [-0.4, -0.2) is 16.8 Å². The summed E-state index contributed by atoms with van der Waals surface area (Å²) in [6.45, 7) is 1.79. The molecule has 0 saturated carbocycles. The molecule has 3 nitrogen and oxygen atoms in total. The quantitative estimate of drug-likeness (QED) is 0.706. The van der Waals surface area contributed by atoms with Crippen LogP contribution in [0.2, 0.25) is 0 Å². The van der Waals surface area contributed by atoms with Crippen LogP contribution in [0.5, 0.6) is 11.5 Å². The molecule has 0 radical (unpaired) electrons. The van der Waals surface area contributed by atoms with Crippen molar-refractivity contribution in [3.63, 3.8) is 0 Å². The number of benzene rings is 1. The molecule has 18 heavy (non-hydrogen) atoms. The third kappa shape index (κ3) is 2.25. The topological polar surface area (TPSA) is 52.5 Å². The second-order valence-electron chi connectivity index (χ2n) is 4.24. The zero-order chi connectivity index (χ0) is 11.8. The first-order chi connectivity index (χ1) is 8.25. The summed E-state index contributed by atoms with van der Waals surface area (Å²) < 4.78 is 0. The third-order valence-corrected chi connectivity index (χ3v) is 4.24.